The highest BCUT2D eigenvalue weighted by atomic mass is 16.6. The number of rotatable bonds is 8. The standard InChI is InChI=1S/C20H17N3O7/c1-27-15-7-8-16(17(11-15)28-2)20-21-18(30-22-20)12-29-19(24)9-6-13-4-3-5-14(10-13)23(25)26/h3-11H,12H2,1-2H3/b9-6+. The zero-order chi connectivity index (χ0) is 21.5. The van der Waals surface area contributed by atoms with Crippen LogP contribution < -0.4 is 9.47 Å². The van der Waals surface area contributed by atoms with Crippen molar-refractivity contribution in [2.45, 2.75) is 6.61 Å². The number of hydrogen-bond donors (Lipinski definition) is 0. The zero-order valence-corrected chi connectivity index (χ0v) is 16.1. The predicted molar refractivity (Wildman–Crippen MR) is 105 cm³/mol. The summed E-state index contributed by atoms with van der Waals surface area (Å²) < 4.78 is 20.6. The topological polar surface area (TPSA) is 127 Å². The average molecular weight is 411 g/mol. The number of hydrogen-bond acceptors (Lipinski definition) is 9. The van der Waals surface area contributed by atoms with Crippen LogP contribution in [0.15, 0.2) is 53.1 Å². The molecule has 3 rings (SSSR count). The van der Waals surface area contributed by atoms with Crippen LogP contribution >= 0.6 is 0 Å². The molecule has 1 heterocycles. The molecule has 0 saturated heterocycles. The normalized spacial score (nSPS) is 10.7. The lowest BCUT2D eigenvalue weighted by molar-refractivity contribution is -0.384. The number of methoxy groups -OCH3 is 2. The number of benzene rings is 2. The van der Waals surface area contributed by atoms with Crippen molar-refractivity contribution < 1.29 is 28.5 Å². The maximum absolute atomic E-state index is 11.9. The Hall–Kier alpha value is -4.21. The molecule has 0 saturated carbocycles. The second-order valence-electron chi connectivity index (χ2n) is 5.87. The van der Waals surface area contributed by atoms with E-state index in [4.69, 9.17) is 18.7 Å². The Morgan fingerprint density at radius 3 is 2.77 bits per heavy atom. The number of ether oxygens (including phenoxy) is 3. The van der Waals surface area contributed by atoms with Crippen LogP contribution in [0.1, 0.15) is 11.5 Å². The Kier molecular flexibility index (Phi) is 6.38. The van der Waals surface area contributed by atoms with Gasteiger partial charge >= 0.3 is 5.97 Å². The number of carbonyl (C=O) groups is 1. The van der Waals surface area contributed by atoms with Gasteiger partial charge in [-0.25, -0.2) is 4.79 Å². The molecule has 0 bridgehead atoms. The van der Waals surface area contributed by atoms with Crippen LogP contribution in [-0.4, -0.2) is 35.3 Å². The van der Waals surface area contributed by atoms with Crippen molar-refractivity contribution in [3.05, 3.63) is 70.1 Å². The maximum Gasteiger partial charge on any atom is 0.331 e. The highest BCUT2D eigenvalue weighted by Crippen LogP contribution is 2.31. The summed E-state index contributed by atoms with van der Waals surface area (Å²) in [7, 11) is 3.05. The summed E-state index contributed by atoms with van der Waals surface area (Å²) in [5, 5.41) is 14.6. The van der Waals surface area contributed by atoms with Crippen LogP contribution in [0.2, 0.25) is 0 Å². The fourth-order valence-corrected chi connectivity index (χ4v) is 2.49. The number of nitro benzene ring substituents is 1. The van der Waals surface area contributed by atoms with Crippen LogP contribution in [0.3, 0.4) is 0 Å². The van der Waals surface area contributed by atoms with E-state index in [9.17, 15) is 14.9 Å². The van der Waals surface area contributed by atoms with E-state index in [2.05, 4.69) is 10.1 Å². The largest absolute Gasteiger partial charge is 0.497 e. The van der Waals surface area contributed by atoms with Gasteiger partial charge in [-0.15, -0.1) is 0 Å². The van der Waals surface area contributed by atoms with E-state index in [-0.39, 0.29) is 24.0 Å². The molecule has 0 fully saturated rings. The molecule has 10 heteroatoms. The van der Waals surface area contributed by atoms with Crippen molar-refractivity contribution in [1.82, 2.24) is 10.1 Å². The van der Waals surface area contributed by atoms with E-state index in [1.54, 1.807) is 31.4 Å². The van der Waals surface area contributed by atoms with Crippen molar-refractivity contribution in [1.29, 1.82) is 0 Å². The molecule has 0 unspecified atom stereocenters. The lowest BCUT2D eigenvalue weighted by atomic mass is 10.2. The molecule has 0 amide bonds. The molecule has 0 radical (unpaired) electrons. The third-order valence-electron chi connectivity index (χ3n) is 3.95. The summed E-state index contributed by atoms with van der Waals surface area (Å²) in [5.41, 5.74) is 1.01. The van der Waals surface area contributed by atoms with Gasteiger partial charge in [-0.05, 0) is 23.8 Å². The highest BCUT2D eigenvalue weighted by molar-refractivity contribution is 5.87. The van der Waals surface area contributed by atoms with E-state index >= 15 is 0 Å². The molecular formula is C20H17N3O7. The van der Waals surface area contributed by atoms with Crippen molar-refractivity contribution in [3.8, 4) is 22.9 Å². The van der Waals surface area contributed by atoms with Gasteiger partial charge in [0.25, 0.3) is 11.6 Å². The van der Waals surface area contributed by atoms with Crippen molar-refractivity contribution in [3.63, 3.8) is 0 Å². The Morgan fingerprint density at radius 2 is 2.03 bits per heavy atom. The van der Waals surface area contributed by atoms with E-state index in [0.717, 1.165) is 6.08 Å². The molecule has 3 aromatic rings. The SMILES string of the molecule is COc1ccc(-c2noc(COC(=O)/C=C/c3cccc([N+](=O)[O-])c3)n2)c(OC)c1. The van der Waals surface area contributed by atoms with Crippen LogP contribution in [-0.2, 0) is 16.1 Å². The first-order valence-electron chi connectivity index (χ1n) is 8.64. The van der Waals surface area contributed by atoms with Crippen LogP contribution in [0.25, 0.3) is 17.5 Å². The maximum atomic E-state index is 11.9. The Bertz CT molecular complexity index is 1090. The zero-order valence-electron chi connectivity index (χ0n) is 16.1. The Labute approximate surface area is 170 Å². The molecule has 2 aromatic carbocycles. The minimum Gasteiger partial charge on any atom is -0.497 e. The molecule has 0 N–H and O–H groups in total. The van der Waals surface area contributed by atoms with Gasteiger partial charge in [0.2, 0.25) is 5.82 Å². The fraction of sp³-hybridized carbons (Fsp3) is 0.150. The van der Waals surface area contributed by atoms with Gasteiger partial charge in [0.05, 0.1) is 24.7 Å². The van der Waals surface area contributed by atoms with Gasteiger partial charge in [0.15, 0.2) is 6.61 Å². The number of non-ortho nitro benzene ring substituents is 1. The quantitative estimate of drug-likeness (QED) is 0.237. The third-order valence-corrected chi connectivity index (χ3v) is 3.95. The second kappa shape index (κ2) is 9.32. The van der Waals surface area contributed by atoms with Gasteiger partial charge < -0.3 is 18.7 Å². The molecule has 10 nitrogen and oxygen atoms in total. The summed E-state index contributed by atoms with van der Waals surface area (Å²) in [6.45, 7) is -0.233. The number of esters is 1. The fourth-order valence-electron chi connectivity index (χ4n) is 2.49. The minimum absolute atomic E-state index is 0.0714. The molecule has 0 aliphatic heterocycles. The van der Waals surface area contributed by atoms with Crippen LogP contribution in [0.4, 0.5) is 5.69 Å². The lowest BCUT2D eigenvalue weighted by Gasteiger charge is -2.07. The molecule has 0 aliphatic rings. The molecule has 0 atom stereocenters. The monoisotopic (exact) mass is 411 g/mol. The molecular weight excluding hydrogens is 394 g/mol. The van der Waals surface area contributed by atoms with Crippen molar-refractivity contribution >= 4 is 17.7 Å². The number of nitro groups is 1. The van der Waals surface area contributed by atoms with Gasteiger partial charge in [-0.3, -0.25) is 10.1 Å². The second-order valence-corrected chi connectivity index (χ2v) is 5.87. The average Bonchev–Trinajstić information content (AvgIpc) is 3.24. The molecule has 154 valence electrons. The van der Waals surface area contributed by atoms with Crippen molar-refractivity contribution in [2.24, 2.45) is 0 Å². The molecule has 1 aromatic heterocycles. The summed E-state index contributed by atoms with van der Waals surface area (Å²) in [6.07, 6.45) is 2.57. The third kappa shape index (κ3) is 4.98. The summed E-state index contributed by atoms with van der Waals surface area (Å²) in [6, 6.07) is 11.0. The van der Waals surface area contributed by atoms with E-state index < -0.39 is 10.9 Å². The van der Waals surface area contributed by atoms with Crippen LogP contribution in [0, 0.1) is 10.1 Å². The van der Waals surface area contributed by atoms with Gasteiger partial charge in [-0.2, -0.15) is 4.98 Å². The molecule has 0 spiro atoms. The first kappa shape index (κ1) is 20.5. The lowest BCUT2D eigenvalue weighted by Crippen LogP contribution is -2.01. The highest BCUT2D eigenvalue weighted by Gasteiger charge is 2.15. The predicted octanol–water partition coefficient (Wildman–Crippen LogP) is 3.42. The van der Waals surface area contributed by atoms with E-state index in [1.165, 1.54) is 31.4 Å². The summed E-state index contributed by atoms with van der Waals surface area (Å²) >= 11 is 0. The number of nitrogens with zero attached hydrogens (tertiary/aromatic N) is 3. The number of carbonyl (C=O) groups excluding carboxylic acids is 1. The van der Waals surface area contributed by atoms with Gasteiger partial charge in [0, 0.05) is 24.3 Å². The van der Waals surface area contributed by atoms with Crippen LogP contribution in [0.5, 0.6) is 11.5 Å². The van der Waals surface area contributed by atoms with E-state index in [1.807, 2.05) is 0 Å². The Balaban J connectivity index is 1.62. The first-order valence-corrected chi connectivity index (χ1v) is 8.64. The van der Waals surface area contributed by atoms with Gasteiger partial charge in [0.1, 0.15) is 11.5 Å². The molecule has 0 aliphatic carbocycles. The summed E-state index contributed by atoms with van der Waals surface area (Å²) in [4.78, 5) is 26.3. The molecule has 30 heavy (non-hydrogen) atoms. The minimum atomic E-state index is -0.664. The summed E-state index contributed by atoms with van der Waals surface area (Å²) in [5.74, 6) is 0.818. The first-order chi connectivity index (χ1) is 14.5. The number of aromatic nitrogens is 2. The van der Waals surface area contributed by atoms with Crippen molar-refractivity contribution in [2.75, 3.05) is 14.2 Å². The Morgan fingerprint density at radius 1 is 1.20 bits per heavy atom. The van der Waals surface area contributed by atoms with Gasteiger partial charge in [-0.1, -0.05) is 17.3 Å². The van der Waals surface area contributed by atoms with E-state index in [0.29, 0.717) is 22.6 Å². The smallest absolute Gasteiger partial charge is 0.331 e.